The summed E-state index contributed by atoms with van der Waals surface area (Å²) in [7, 11) is 2.18. The molecule has 0 bridgehead atoms. The van der Waals surface area contributed by atoms with E-state index in [0.29, 0.717) is 12.2 Å². The van der Waals surface area contributed by atoms with Gasteiger partial charge in [-0.3, -0.25) is 0 Å². The Morgan fingerprint density at radius 2 is 2.00 bits per heavy atom. The number of aromatic nitrogens is 3. The van der Waals surface area contributed by atoms with E-state index in [1.54, 1.807) is 12.3 Å². The van der Waals surface area contributed by atoms with Crippen LogP contribution in [0.4, 0.5) is 0 Å². The number of aryl methyl sites for hydroxylation is 1. The summed E-state index contributed by atoms with van der Waals surface area (Å²) in [5.74, 6) is 0. The van der Waals surface area contributed by atoms with E-state index in [2.05, 4.69) is 51.6 Å². The molecule has 2 aromatic heterocycles. The van der Waals surface area contributed by atoms with Crippen molar-refractivity contribution in [1.29, 1.82) is 0 Å². The van der Waals surface area contributed by atoms with Crippen LogP contribution in [0.15, 0.2) is 36.8 Å². The molecule has 1 unspecified atom stereocenters. The Morgan fingerprint density at radius 3 is 2.77 bits per heavy atom. The van der Waals surface area contributed by atoms with Gasteiger partial charge in [0.05, 0.1) is 12.2 Å². The SMILES string of the molecule is Cc1ccc2c(c1)c1c(n2CC(C)(O)c2ccncn2)CCN(C)CC1. The maximum Gasteiger partial charge on any atom is 0.122 e. The topological polar surface area (TPSA) is 54.2 Å². The van der Waals surface area contributed by atoms with Gasteiger partial charge >= 0.3 is 0 Å². The third kappa shape index (κ3) is 3.02. The molecule has 0 radical (unpaired) electrons. The number of rotatable bonds is 3. The first-order valence-electron chi connectivity index (χ1n) is 9.24. The molecular weight excluding hydrogens is 324 g/mol. The molecule has 26 heavy (non-hydrogen) atoms. The van der Waals surface area contributed by atoms with Crippen LogP contribution in [0.1, 0.15) is 29.4 Å². The number of nitrogens with zero attached hydrogens (tertiary/aromatic N) is 4. The molecule has 1 atom stereocenters. The van der Waals surface area contributed by atoms with Crippen molar-refractivity contribution in [2.75, 3.05) is 20.1 Å². The Bertz CT molecular complexity index is 930. The molecule has 0 amide bonds. The number of likely N-dealkylation sites (N-methyl/N-ethyl adjacent to an activating group) is 1. The monoisotopic (exact) mass is 350 g/mol. The van der Waals surface area contributed by atoms with Crippen molar-refractivity contribution in [3.63, 3.8) is 0 Å². The van der Waals surface area contributed by atoms with Crippen LogP contribution in [0.25, 0.3) is 10.9 Å². The van der Waals surface area contributed by atoms with E-state index in [0.717, 1.165) is 25.9 Å². The van der Waals surface area contributed by atoms with Gasteiger partial charge in [0.15, 0.2) is 0 Å². The minimum Gasteiger partial charge on any atom is -0.382 e. The van der Waals surface area contributed by atoms with Gasteiger partial charge in [-0.05, 0) is 51.1 Å². The van der Waals surface area contributed by atoms with Crippen LogP contribution in [0.2, 0.25) is 0 Å². The second-order valence-electron chi connectivity index (χ2n) is 7.70. The zero-order valence-corrected chi connectivity index (χ0v) is 15.7. The van der Waals surface area contributed by atoms with E-state index in [9.17, 15) is 5.11 Å². The molecule has 5 heteroatoms. The van der Waals surface area contributed by atoms with Gasteiger partial charge in [0, 0.05) is 42.3 Å². The lowest BCUT2D eigenvalue weighted by atomic mass is 10.0. The molecule has 3 aromatic rings. The van der Waals surface area contributed by atoms with Crippen molar-refractivity contribution >= 4 is 10.9 Å². The van der Waals surface area contributed by atoms with Crippen molar-refractivity contribution in [2.45, 2.75) is 38.8 Å². The highest BCUT2D eigenvalue weighted by Crippen LogP contribution is 2.33. The Hall–Kier alpha value is -2.24. The molecule has 0 fully saturated rings. The third-order valence-electron chi connectivity index (χ3n) is 5.52. The highest BCUT2D eigenvalue weighted by molar-refractivity contribution is 5.86. The normalized spacial score (nSPS) is 17.7. The van der Waals surface area contributed by atoms with Gasteiger partial charge in [-0.2, -0.15) is 0 Å². The van der Waals surface area contributed by atoms with E-state index < -0.39 is 5.60 Å². The smallest absolute Gasteiger partial charge is 0.122 e. The molecular formula is C21H26N4O. The van der Waals surface area contributed by atoms with Gasteiger partial charge in [0.25, 0.3) is 0 Å². The minimum absolute atomic E-state index is 0.489. The van der Waals surface area contributed by atoms with Gasteiger partial charge in [0.2, 0.25) is 0 Å². The Morgan fingerprint density at radius 1 is 1.19 bits per heavy atom. The van der Waals surface area contributed by atoms with E-state index in [1.807, 2.05) is 6.92 Å². The fraction of sp³-hybridized carbons (Fsp3) is 0.429. The fourth-order valence-electron chi connectivity index (χ4n) is 4.05. The summed E-state index contributed by atoms with van der Waals surface area (Å²) < 4.78 is 2.31. The summed E-state index contributed by atoms with van der Waals surface area (Å²) in [5, 5.41) is 12.5. The van der Waals surface area contributed by atoms with Crippen LogP contribution in [0.3, 0.4) is 0 Å². The summed E-state index contributed by atoms with van der Waals surface area (Å²) in [6, 6.07) is 8.43. The van der Waals surface area contributed by atoms with Crippen LogP contribution in [-0.2, 0) is 25.0 Å². The predicted octanol–water partition coefficient (Wildman–Crippen LogP) is 2.68. The summed E-state index contributed by atoms with van der Waals surface area (Å²) in [4.78, 5) is 10.6. The summed E-state index contributed by atoms with van der Waals surface area (Å²) in [6.07, 6.45) is 5.23. The molecule has 0 saturated carbocycles. The van der Waals surface area contributed by atoms with E-state index in [-0.39, 0.29) is 0 Å². The first-order chi connectivity index (χ1) is 12.5. The van der Waals surface area contributed by atoms with Crippen molar-refractivity contribution in [3.8, 4) is 0 Å². The molecule has 0 saturated heterocycles. The second-order valence-corrected chi connectivity index (χ2v) is 7.70. The number of aliphatic hydroxyl groups is 1. The Kier molecular flexibility index (Phi) is 4.29. The first-order valence-corrected chi connectivity index (χ1v) is 9.24. The van der Waals surface area contributed by atoms with Gasteiger partial charge in [0.1, 0.15) is 11.9 Å². The third-order valence-corrected chi connectivity index (χ3v) is 5.52. The summed E-state index contributed by atoms with van der Waals surface area (Å²) >= 11 is 0. The highest BCUT2D eigenvalue weighted by Gasteiger charge is 2.29. The molecule has 136 valence electrons. The average Bonchev–Trinajstić information content (AvgIpc) is 2.76. The maximum absolute atomic E-state index is 11.2. The Labute approximate surface area is 154 Å². The number of benzene rings is 1. The highest BCUT2D eigenvalue weighted by atomic mass is 16.3. The molecule has 4 rings (SSSR count). The maximum atomic E-state index is 11.2. The quantitative estimate of drug-likeness (QED) is 0.789. The lowest BCUT2D eigenvalue weighted by molar-refractivity contribution is 0.0342. The van der Waals surface area contributed by atoms with Crippen LogP contribution in [0.5, 0.6) is 0 Å². The van der Waals surface area contributed by atoms with Gasteiger partial charge in [-0.1, -0.05) is 11.6 Å². The average molecular weight is 350 g/mol. The van der Waals surface area contributed by atoms with Crippen molar-refractivity contribution < 1.29 is 5.11 Å². The zero-order valence-electron chi connectivity index (χ0n) is 15.7. The van der Waals surface area contributed by atoms with Crippen molar-refractivity contribution in [1.82, 2.24) is 19.4 Å². The number of fused-ring (bicyclic) bond motifs is 3. The number of hydrogen-bond donors (Lipinski definition) is 1. The van der Waals surface area contributed by atoms with E-state index in [1.165, 1.54) is 34.1 Å². The van der Waals surface area contributed by atoms with Gasteiger partial charge in [-0.15, -0.1) is 0 Å². The molecule has 1 aliphatic heterocycles. The van der Waals surface area contributed by atoms with Gasteiger partial charge < -0.3 is 14.6 Å². The molecule has 0 aliphatic carbocycles. The minimum atomic E-state index is -1.05. The fourth-order valence-corrected chi connectivity index (χ4v) is 4.05. The molecule has 1 N–H and O–H groups in total. The standard InChI is InChI=1S/C21H26N4O/c1-15-4-5-18-17(12-15)16-7-10-24(3)11-8-19(16)25(18)13-21(2,26)20-6-9-22-14-23-20/h4-6,9,12,14,26H,7-8,10-11,13H2,1-3H3. The summed E-state index contributed by atoms with van der Waals surface area (Å²) in [5.41, 5.74) is 4.88. The van der Waals surface area contributed by atoms with Crippen LogP contribution in [0, 0.1) is 6.92 Å². The van der Waals surface area contributed by atoms with Crippen LogP contribution >= 0.6 is 0 Å². The molecule has 5 nitrogen and oxygen atoms in total. The summed E-state index contributed by atoms with van der Waals surface area (Å²) in [6.45, 7) is 6.58. The first kappa shape index (κ1) is 17.2. The lowest BCUT2D eigenvalue weighted by Gasteiger charge is -2.25. The van der Waals surface area contributed by atoms with E-state index in [4.69, 9.17) is 0 Å². The van der Waals surface area contributed by atoms with Gasteiger partial charge in [-0.25, -0.2) is 9.97 Å². The molecule has 0 spiro atoms. The second kappa shape index (κ2) is 6.49. The van der Waals surface area contributed by atoms with Crippen LogP contribution < -0.4 is 0 Å². The van der Waals surface area contributed by atoms with Crippen LogP contribution in [-0.4, -0.2) is 44.7 Å². The molecule has 3 heterocycles. The number of hydrogen-bond acceptors (Lipinski definition) is 4. The zero-order chi connectivity index (χ0) is 18.3. The largest absolute Gasteiger partial charge is 0.382 e. The predicted molar refractivity (Wildman–Crippen MR) is 103 cm³/mol. The van der Waals surface area contributed by atoms with Crippen molar-refractivity contribution in [2.24, 2.45) is 0 Å². The Balaban J connectivity index is 1.84. The van der Waals surface area contributed by atoms with E-state index >= 15 is 0 Å². The van der Waals surface area contributed by atoms with Crippen molar-refractivity contribution in [3.05, 3.63) is 59.3 Å². The molecule has 1 aliphatic rings. The lowest BCUT2D eigenvalue weighted by Crippen LogP contribution is -2.30. The molecule has 1 aromatic carbocycles.